The number of methoxy groups -OCH3 is 1. The molecule has 1 atom stereocenters. The first-order valence-electron chi connectivity index (χ1n) is 8.82. The molecule has 7 heteroatoms. The summed E-state index contributed by atoms with van der Waals surface area (Å²) in [5.74, 6) is 0.563. The molecule has 0 aliphatic carbocycles. The average molecular weight is 391 g/mol. The molecule has 0 fully saturated rings. The number of carbonyl (C=O) groups excluding carboxylic acids is 1. The number of carbonyl (C=O) groups is 1. The summed E-state index contributed by atoms with van der Waals surface area (Å²) in [6.45, 7) is 4.10. The first-order valence-corrected chi connectivity index (χ1v) is 10.7. The van der Waals surface area contributed by atoms with E-state index in [4.69, 9.17) is 4.74 Å². The molecule has 6 nitrogen and oxygen atoms in total. The summed E-state index contributed by atoms with van der Waals surface area (Å²) < 4.78 is 30.1. The molecular weight excluding hydrogens is 364 g/mol. The number of nitrogens with one attached hydrogen (secondary N) is 1. The number of benzene rings is 2. The van der Waals surface area contributed by atoms with Crippen LogP contribution in [0, 0.1) is 0 Å². The van der Waals surface area contributed by atoms with Gasteiger partial charge in [0.05, 0.1) is 25.1 Å². The zero-order chi connectivity index (χ0) is 20.0. The molecule has 2 rings (SSSR count). The number of hydrogen-bond donors (Lipinski definition) is 1. The molecule has 1 unspecified atom stereocenters. The second kappa shape index (κ2) is 8.90. The van der Waals surface area contributed by atoms with Crippen LogP contribution in [0.4, 0.5) is 5.69 Å². The Hall–Kier alpha value is -2.54. The van der Waals surface area contributed by atoms with E-state index in [1.165, 1.54) is 4.31 Å². The lowest BCUT2D eigenvalue weighted by atomic mass is 10.0. The minimum Gasteiger partial charge on any atom is -0.497 e. The van der Waals surface area contributed by atoms with E-state index in [-0.39, 0.29) is 11.9 Å². The van der Waals surface area contributed by atoms with Crippen molar-refractivity contribution in [1.29, 1.82) is 0 Å². The fraction of sp³-hybridized carbons (Fsp3) is 0.350. The molecule has 0 spiro atoms. The molecule has 1 amide bonds. The van der Waals surface area contributed by atoms with E-state index in [0.29, 0.717) is 17.8 Å². The maximum absolute atomic E-state index is 12.6. The molecule has 0 radical (unpaired) electrons. The van der Waals surface area contributed by atoms with Crippen molar-refractivity contribution in [1.82, 2.24) is 5.32 Å². The van der Waals surface area contributed by atoms with Crippen LogP contribution in [-0.4, -0.2) is 34.2 Å². The van der Waals surface area contributed by atoms with Crippen molar-refractivity contribution in [2.45, 2.75) is 26.3 Å². The van der Waals surface area contributed by atoms with Gasteiger partial charge >= 0.3 is 0 Å². The van der Waals surface area contributed by atoms with Gasteiger partial charge in [-0.2, -0.15) is 0 Å². The van der Waals surface area contributed by atoms with Crippen LogP contribution in [0.3, 0.4) is 0 Å². The van der Waals surface area contributed by atoms with Gasteiger partial charge in [0.1, 0.15) is 5.75 Å². The van der Waals surface area contributed by atoms with Gasteiger partial charge in [-0.1, -0.05) is 19.1 Å². The number of ether oxygens (including phenoxy) is 1. The van der Waals surface area contributed by atoms with E-state index in [1.807, 2.05) is 31.2 Å². The second-order valence-corrected chi connectivity index (χ2v) is 8.09. The second-order valence-electron chi connectivity index (χ2n) is 6.18. The van der Waals surface area contributed by atoms with Gasteiger partial charge < -0.3 is 10.1 Å². The first kappa shape index (κ1) is 20.8. The molecule has 0 aliphatic heterocycles. The molecule has 2 aromatic carbocycles. The van der Waals surface area contributed by atoms with Crippen LogP contribution >= 0.6 is 0 Å². The molecule has 1 N–H and O–H groups in total. The van der Waals surface area contributed by atoms with Crippen molar-refractivity contribution in [3.05, 3.63) is 59.7 Å². The highest BCUT2D eigenvalue weighted by atomic mass is 32.2. The molecule has 0 saturated carbocycles. The van der Waals surface area contributed by atoms with Gasteiger partial charge in [0.2, 0.25) is 10.0 Å². The number of amides is 1. The number of nitrogens with zero attached hydrogens (tertiary/aromatic N) is 1. The molecule has 0 bridgehead atoms. The Balaban J connectivity index is 2.14. The predicted octanol–water partition coefficient (Wildman–Crippen LogP) is 3.36. The van der Waals surface area contributed by atoms with Crippen LogP contribution in [0.15, 0.2) is 48.5 Å². The van der Waals surface area contributed by atoms with Crippen LogP contribution in [0.2, 0.25) is 0 Å². The normalized spacial score (nSPS) is 12.3. The molecule has 146 valence electrons. The van der Waals surface area contributed by atoms with E-state index in [1.54, 1.807) is 38.3 Å². The lowest BCUT2D eigenvalue weighted by Crippen LogP contribution is -2.30. The van der Waals surface area contributed by atoms with E-state index in [0.717, 1.165) is 24.0 Å². The highest BCUT2D eigenvalue weighted by Crippen LogP contribution is 2.22. The van der Waals surface area contributed by atoms with Gasteiger partial charge in [-0.15, -0.1) is 0 Å². The summed E-state index contributed by atoms with van der Waals surface area (Å²) in [7, 11) is -1.73. The quantitative estimate of drug-likeness (QED) is 0.750. The lowest BCUT2D eigenvalue weighted by molar-refractivity contribution is 0.0935. The summed E-state index contributed by atoms with van der Waals surface area (Å²) in [5, 5.41) is 3.02. The lowest BCUT2D eigenvalue weighted by Gasteiger charge is -2.21. The van der Waals surface area contributed by atoms with Crippen LogP contribution in [-0.2, 0) is 10.0 Å². The third-order valence-corrected chi connectivity index (χ3v) is 5.61. The van der Waals surface area contributed by atoms with E-state index in [9.17, 15) is 13.2 Å². The Kier molecular flexibility index (Phi) is 6.85. The van der Waals surface area contributed by atoms with Crippen molar-refractivity contribution >= 4 is 21.6 Å². The summed E-state index contributed by atoms with van der Waals surface area (Å²) in [6, 6.07) is 14.0. The van der Waals surface area contributed by atoms with Gasteiger partial charge in [-0.25, -0.2) is 8.42 Å². The highest BCUT2D eigenvalue weighted by Gasteiger charge is 2.17. The van der Waals surface area contributed by atoms with Crippen molar-refractivity contribution in [3.8, 4) is 5.75 Å². The fourth-order valence-electron chi connectivity index (χ4n) is 2.89. The minimum absolute atomic E-state index is 0.119. The van der Waals surface area contributed by atoms with Crippen LogP contribution < -0.4 is 14.4 Å². The summed E-state index contributed by atoms with van der Waals surface area (Å²) in [6.07, 6.45) is 1.91. The summed E-state index contributed by atoms with van der Waals surface area (Å²) in [4.78, 5) is 12.6. The Labute approximate surface area is 161 Å². The van der Waals surface area contributed by atoms with Gasteiger partial charge in [0.15, 0.2) is 0 Å². The summed E-state index contributed by atoms with van der Waals surface area (Å²) in [5.41, 5.74) is 2.02. The Morgan fingerprint density at radius 1 is 1.07 bits per heavy atom. The monoisotopic (exact) mass is 390 g/mol. The smallest absolute Gasteiger partial charge is 0.251 e. The van der Waals surface area contributed by atoms with Gasteiger partial charge in [0, 0.05) is 12.1 Å². The zero-order valence-electron chi connectivity index (χ0n) is 16.1. The average Bonchev–Trinajstić information content (AvgIpc) is 2.66. The summed E-state index contributed by atoms with van der Waals surface area (Å²) >= 11 is 0. The molecule has 2 aromatic rings. The zero-order valence-corrected chi connectivity index (χ0v) is 16.9. The van der Waals surface area contributed by atoms with E-state index >= 15 is 0 Å². The van der Waals surface area contributed by atoms with E-state index in [2.05, 4.69) is 5.32 Å². The van der Waals surface area contributed by atoms with Gasteiger partial charge in [-0.3, -0.25) is 9.10 Å². The number of rotatable bonds is 8. The Bertz CT molecular complexity index is 862. The van der Waals surface area contributed by atoms with Crippen LogP contribution in [0.5, 0.6) is 5.75 Å². The SMILES string of the molecule is CCC(NC(=O)c1ccc(N(CC)S(C)(=O)=O)cc1)c1ccc(OC)cc1. The number of sulfonamides is 1. The van der Waals surface area contributed by atoms with Crippen molar-refractivity contribution in [2.75, 3.05) is 24.2 Å². The molecule has 0 aromatic heterocycles. The third-order valence-electron chi connectivity index (χ3n) is 4.34. The van der Waals surface area contributed by atoms with Crippen LogP contribution in [0.25, 0.3) is 0 Å². The third kappa shape index (κ3) is 5.23. The topological polar surface area (TPSA) is 75.7 Å². The molecule has 0 aliphatic rings. The van der Waals surface area contributed by atoms with E-state index < -0.39 is 10.0 Å². The van der Waals surface area contributed by atoms with Gasteiger partial charge in [-0.05, 0) is 55.3 Å². The van der Waals surface area contributed by atoms with Crippen molar-refractivity contribution < 1.29 is 17.9 Å². The largest absolute Gasteiger partial charge is 0.497 e. The fourth-order valence-corrected chi connectivity index (χ4v) is 3.86. The Morgan fingerprint density at radius 3 is 2.11 bits per heavy atom. The maximum Gasteiger partial charge on any atom is 0.251 e. The number of anilines is 1. The van der Waals surface area contributed by atoms with Crippen molar-refractivity contribution in [2.24, 2.45) is 0 Å². The molecule has 27 heavy (non-hydrogen) atoms. The van der Waals surface area contributed by atoms with Crippen molar-refractivity contribution in [3.63, 3.8) is 0 Å². The standard InChI is InChI=1S/C20H26N2O4S/c1-5-19(15-9-13-18(26-3)14-10-15)21-20(23)16-7-11-17(12-8-16)22(6-2)27(4,24)25/h7-14,19H,5-6H2,1-4H3,(H,21,23). The first-order chi connectivity index (χ1) is 12.8. The Morgan fingerprint density at radius 2 is 1.67 bits per heavy atom. The predicted molar refractivity (Wildman–Crippen MR) is 108 cm³/mol. The van der Waals surface area contributed by atoms with Gasteiger partial charge in [0.25, 0.3) is 5.91 Å². The number of hydrogen-bond acceptors (Lipinski definition) is 4. The molecule has 0 heterocycles. The minimum atomic E-state index is -3.34. The van der Waals surface area contributed by atoms with Crippen LogP contribution in [0.1, 0.15) is 42.2 Å². The maximum atomic E-state index is 12.6. The molecular formula is C20H26N2O4S. The highest BCUT2D eigenvalue weighted by molar-refractivity contribution is 7.92. The molecule has 0 saturated heterocycles.